The van der Waals surface area contributed by atoms with Crippen LogP contribution in [0.3, 0.4) is 0 Å². The Balaban J connectivity index is 1.69. The van der Waals surface area contributed by atoms with E-state index in [1.165, 1.54) is 25.1 Å². The lowest BCUT2D eigenvalue weighted by atomic mass is 10.2. The van der Waals surface area contributed by atoms with Gasteiger partial charge in [-0.2, -0.15) is 0 Å². The van der Waals surface area contributed by atoms with Gasteiger partial charge in [0.15, 0.2) is 6.10 Å². The molecule has 0 unspecified atom stereocenters. The van der Waals surface area contributed by atoms with E-state index < -0.39 is 22.9 Å². The highest BCUT2D eigenvalue weighted by atomic mass is 16.6. The number of carbonyl (C=O) groups is 2. The first-order valence-corrected chi connectivity index (χ1v) is 8.73. The molecule has 1 amide bonds. The number of aromatic nitrogens is 1. The second-order valence-corrected chi connectivity index (χ2v) is 6.70. The smallest absolute Gasteiger partial charge is 0.340 e. The first kappa shape index (κ1) is 18.6. The maximum absolute atomic E-state index is 12.5. The van der Waals surface area contributed by atoms with E-state index >= 15 is 0 Å². The Morgan fingerprint density at radius 1 is 1.30 bits per heavy atom. The quantitative estimate of drug-likeness (QED) is 0.475. The van der Waals surface area contributed by atoms with Crippen molar-refractivity contribution in [2.45, 2.75) is 45.8 Å². The van der Waals surface area contributed by atoms with Gasteiger partial charge >= 0.3 is 5.97 Å². The number of hydrogen-bond acceptors (Lipinski definition) is 5. The van der Waals surface area contributed by atoms with Crippen LogP contribution in [0.1, 0.15) is 47.6 Å². The molecule has 1 saturated carbocycles. The van der Waals surface area contributed by atoms with Crippen LogP contribution in [0.25, 0.3) is 0 Å². The van der Waals surface area contributed by atoms with Crippen molar-refractivity contribution >= 4 is 23.3 Å². The Labute approximate surface area is 156 Å². The summed E-state index contributed by atoms with van der Waals surface area (Å²) in [7, 11) is 0. The summed E-state index contributed by atoms with van der Waals surface area (Å²) in [4.78, 5) is 35.3. The van der Waals surface area contributed by atoms with E-state index in [0.29, 0.717) is 11.6 Å². The highest BCUT2D eigenvalue weighted by Crippen LogP contribution is 2.38. The lowest BCUT2D eigenvalue weighted by molar-refractivity contribution is -0.383. The molecule has 1 N–H and O–H groups in total. The molecular weight excluding hydrogens is 350 g/mol. The molecule has 8 heteroatoms. The summed E-state index contributed by atoms with van der Waals surface area (Å²) in [6.45, 7) is 5.23. The van der Waals surface area contributed by atoms with E-state index in [4.69, 9.17) is 4.74 Å². The zero-order chi connectivity index (χ0) is 19.7. The van der Waals surface area contributed by atoms with Crippen molar-refractivity contribution in [1.82, 2.24) is 4.57 Å². The summed E-state index contributed by atoms with van der Waals surface area (Å²) in [5, 5.41) is 13.5. The summed E-state index contributed by atoms with van der Waals surface area (Å²) in [5.74, 6) is -1.21. The van der Waals surface area contributed by atoms with E-state index in [2.05, 4.69) is 9.88 Å². The van der Waals surface area contributed by atoms with E-state index in [-0.39, 0.29) is 11.4 Å². The standard InChI is InChI=1S/C19H21N3O5/c1-11-10-15(12(2)21(11)14-8-9-14)19(24)27-13(3)18(23)20-16-6-4-5-7-17(16)22(25)26/h4-7,10,13-14H,8-9H2,1-3H3,(H,20,23)/t13-/m0/s1. The summed E-state index contributed by atoms with van der Waals surface area (Å²) in [6.07, 6.45) is 1.10. The molecule has 27 heavy (non-hydrogen) atoms. The number of benzene rings is 1. The van der Waals surface area contributed by atoms with Gasteiger partial charge in [-0.05, 0) is 45.7 Å². The fourth-order valence-electron chi connectivity index (χ4n) is 3.13. The van der Waals surface area contributed by atoms with Crippen LogP contribution in [0.2, 0.25) is 0 Å². The largest absolute Gasteiger partial charge is 0.449 e. The molecule has 2 aromatic rings. The Bertz CT molecular complexity index is 914. The molecule has 1 aliphatic rings. The second-order valence-electron chi connectivity index (χ2n) is 6.70. The van der Waals surface area contributed by atoms with Gasteiger partial charge in [-0.25, -0.2) is 4.79 Å². The van der Waals surface area contributed by atoms with Gasteiger partial charge in [0.2, 0.25) is 0 Å². The average Bonchev–Trinajstić information content (AvgIpc) is 3.40. The lowest BCUT2D eigenvalue weighted by Crippen LogP contribution is -2.30. The van der Waals surface area contributed by atoms with Gasteiger partial charge in [0.1, 0.15) is 5.69 Å². The molecule has 1 aromatic carbocycles. The van der Waals surface area contributed by atoms with Crippen LogP contribution in [0.4, 0.5) is 11.4 Å². The van der Waals surface area contributed by atoms with Crippen molar-refractivity contribution < 1.29 is 19.2 Å². The number of anilines is 1. The molecule has 0 bridgehead atoms. The molecule has 142 valence electrons. The number of nitro benzene ring substituents is 1. The van der Waals surface area contributed by atoms with Crippen LogP contribution in [-0.4, -0.2) is 27.5 Å². The van der Waals surface area contributed by atoms with Crippen molar-refractivity contribution in [2.24, 2.45) is 0 Å². The Morgan fingerprint density at radius 2 is 1.96 bits per heavy atom. The summed E-state index contributed by atoms with van der Waals surface area (Å²) >= 11 is 0. The number of amides is 1. The highest BCUT2D eigenvalue weighted by Gasteiger charge is 2.30. The van der Waals surface area contributed by atoms with Crippen LogP contribution < -0.4 is 5.32 Å². The van der Waals surface area contributed by atoms with Crippen molar-refractivity contribution in [3.63, 3.8) is 0 Å². The molecule has 3 rings (SSSR count). The molecule has 0 radical (unpaired) electrons. The zero-order valence-corrected chi connectivity index (χ0v) is 15.4. The lowest BCUT2D eigenvalue weighted by Gasteiger charge is -2.14. The molecular formula is C19H21N3O5. The van der Waals surface area contributed by atoms with Crippen molar-refractivity contribution in [1.29, 1.82) is 0 Å². The third kappa shape index (κ3) is 3.84. The maximum atomic E-state index is 12.5. The van der Waals surface area contributed by atoms with E-state index in [1.807, 2.05) is 13.8 Å². The number of aryl methyl sites for hydroxylation is 1. The second kappa shape index (κ2) is 7.22. The topological polar surface area (TPSA) is 103 Å². The molecule has 0 saturated heterocycles. The number of nitrogens with zero attached hydrogens (tertiary/aromatic N) is 2. The fourth-order valence-corrected chi connectivity index (χ4v) is 3.13. The number of rotatable bonds is 6. The van der Waals surface area contributed by atoms with E-state index in [9.17, 15) is 19.7 Å². The molecule has 0 aliphatic heterocycles. The number of ether oxygens (including phenoxy) is 1. The number of carbonyl (C=O) groups excluding carboxylic acids is 2. The van der Waals surface area contributed by atoms with E-state index in [1.54, 1.807) is 12.1 Å². The van der Waals surface area contributed by atoms with Crippen LogP contribution in [0.5, 0.6) is 0 Å². The first-order chi connectivity index (χ1) is 12.8. The summed E-state index contributed by atoms with van der Waals surface area (Å²) in [6, 6.07) is 8.00. The molecule has 0 spiro atoms. The number of esters is 1. The van der Waals surface area contributed by atoms with Crippen LogP contribution in [0.15, 0.2) is 30.3 Å². The van der Waals surface area contributed by atoms with Gasteiger partial charge in [-0.1, -0.05) is 12.1 Å². The SMILES string of the molecule is Cc1cc(C(=O)O[C@@H](C)C(=O)Nc2ccccc2[N+](=O)[O-])c(C)n1C1CC1. The summed E-state index contributed by atoms with van der Waals surface area (Å²) in [5.41, 5.74) is 2.08. The van der Waals surface area contributed by atoms with Gasteiger partial charge < -0.3 is 14.6 Å². The minimum absolute atomic E-state index is 0.0577. The van der Waals surface area contributed by atoms with Gasteiger partial charge in [0.05, 0.1) is 10.5 Å². The van der Waals surface area contributed by atoms with Crippen LogP contribution in [0, 0.1) is 24.0 Å². The predicted molar refractivity (Wildman–Crippen MR) is 98.8 cm³/mol. The molecule has 1 aromatic heterocycles. The monoisotopic (exact) mass is 371 g/mol. The number of hydrogen-bond donors (Lipinski definition) is 1. The third-order valence-electron chi connectivity index (χ3n) is 4.63. The van der Waals surface area contributed by atoms with Crippen LogP contribution in [-0.2, 0) is 9.53 Å². The number of nitrogens with one attached hydrogen (secondary N) is 1. The highest BCUT2D eigenvalue weighted by molar-refractivity contribution is 5.99. The van der Waals surface area contributed by atoms with Crippen molar-refractivity contribution in [2.75, 3.05) is 5.32 Å². The minimum atomic E-state index is -1.10. The van der Waals surface area contributed by atoms with Gasteiger partial charge in [-0.3, -0.25) is 14.9 Å². The van der Waals surface area contributed by atoms with Crippen LogP contribution >= 0.6 is 0 Å². The molecule has 1 aliphatic carbocycles. The van der Waals surface area contributed by atoms with Gasteiger partial charge in [-0.15, -0.1) is 0 Å². The van der Waals surface area contributed by atoms with Gasteiger partial charge in [0, 0.05) is 23.5 Å². The number of para-hydroxylation sites is 2. The summed E-state index contributed by atoms with van der Waals surface area (Å²) < 4.78 is 7.41. The fraction of sp³-hybridized carbons (Fsp3) is 0.368. The zero-order valence-electron chi connectivity index (χ0n) is 15.4. The Hall–Kier alpha value is -3.16. The Kier molecular flexibility index (Phi) is 4.98. The normalized spacial score (nSPS) is 14.5. The molecule has 8 nitrogen and oxygen atoms in total. The van der Waals surface area contributed by atoms with Gasteiger partial charge in [0.25, 0.3) is 11.6 Å². The van der Waals surface area contributed by atoms with Crippen molar-refractivity contribution in [3.8, 4) is 0 Å². The molecule has 1 fully saturated rings. The maximum Gasteiger partial charge on any atom is 0.340 e. The van der Waals surface area contributed by atoms with Crippen molar-refractivity contribution in [3.05, 3.63) is 57.4 Å². The predicted octanol–water partition coefficient (Wildman–Crippen LogP) is 3.53. The molecule has 1 heterocycles. The molecule has 1 atom stereocenters. The third-order valence-corrected chi connectivity index (χ3v) is 4.63. The first-order valence-electron chi connectivity index (χ1n) is 8.73. The average molecular weight is 371 g/mol. The number of nitro groups is 1. The van der Waals surface area contributed by atoms with E-state index in [0.717, 1.165) is 24.2 Å². The minimum Gasteiger partial charge on any atom is -0.449 e. The Morgan fingerprint density at radius 3 is 2.59 bits per heavy atom.